The van der Waals surface area contributed by atoms with E-state index >= 15 is 0 Å². The zero-order valence-electron chi connectivity index (χ0n) is 22.9. The summed E-state index contributed by atoms with van der Waals surface area (Å²) >= 11 is 0. The van der Waals surface area contributed by atoms with Gasteiger partial charge in [0.2, 0.25) is 5.91 Å². The van der Waals surface area contributed by atoms with Crippen LogP contribution < -0.4 is 10.1 Å². The van der Waals surface area contributed by atoms with E-state index in [9.17, 15) is 14.4 Å². The van der Waals surface area contributed by atoms with Crippen molar-refractivity contribution >= 4 is 29.2 Å². The molecule has 4 atom stereocenters. The third-order valence-corrected chi connectivity index (χ3v) is 8.37. The normalized spacial score (nSPS) is 24.2. The molecule has 202 valence electrons. The molecule has 3 aromatic carbocycles. The molecule has 0 radical (unpaired) electrons. The molecule has 6 heteroatoms. The lowest BCUT2D eigenvalue weighted by molar-refractivity contribution is -0.131. The number of ether oxygens (including phenoxy) is 1. The van der Waals surface area contributed by atoms with Gasteiger partial charge in [0.15, 0.2) is 11.6 Å². The molecular weight excluding hydrogens is 500 g/mol. The molecule has 3 aliphatic rings. The molecule has 6 rings (SSSR count). The van der Waals surface area contributed by atoms with Crippen LogP contribution in [0.25, 0.3) is 6.08 Å². The molecule has 3 heterocycles. The van der Waals surface area contributed by atoms with Crippen molar-refractivity contribution in [1.82, 2.24) is 4.90 Å². The van der Waals surface area contributed by atoms with Crippen molar-refractivity contribution in [3.63, 3.8) is 0 Å². The number of carbonyl (C=O) groups is 3. The average Bonchev–Trinajstić information content (AvgIpc) is 3.43. The molecule has 0 bridgehead atoms. The van der Waals surface area contributed by atoms with Crippen LogP contribution in [0.15, 0.2) is 91.7 Å². The molecule has 3 aromatic rings. The zero-order chi connectivity index (χ0) is 28.2. The van der Waals surface area contributed by atoms with Gasteiger partial charge in [-0.1, -0.05) is 75.9 Å². The van der Waals surface area contributed by atoms with Gasteiger partial charge in [0, 0.05) is 22.9 Å². The van der Waals surface area contributed by atoms with Gasteiger partial charge in [-0.2, -0.15) is 0 Å². The number of benzene rings is 3. The predicted molar refractivity (Wildman–Crippen MR) is 155 cm³/mol. The van der Waals surface area contributed by atoms with Gasteiger partial charge in [-0.05, 0) is 53.1 Å². The van der Waals surface area contributed by atoms with Crippen LogP contribution in [0.2, 0.25) is 0 Å². The summed E-state index contributed by atoms with van der Waals surface area (Å²) in [5.41, 5.74) is 1.67. The zero-order valence-corrected chi connectivity index (χ0v) is 22.9. The fourth-order valence-corrected chi connectivity index (χ4v) is 6.66. The van der Waals surface area contributed by atoms with Crippen molar-refractivity contribution in [1.29, 1.82) is 0 Å². The highest BCUT2D eigenvalue weighted by Crippen LogP contribution is 2.62. The first-order valence-electron chi connectivity index (χ1n) is 13.6. The minimum Gasteiger partial charge on any atom is -0.490 e. The van der Waals surface area contributed by atoms with Crippen molar-refractivity contribution in [3.05, 3.63) is 114 Å². The molecule has 1 amide bonds. The summed E-state index contributed by atoms with van der Waals surface area (Å²) in [6.45, 7) is 9.63. The number of hydrogen-bond acceptors (Lipinski definition) is 5. The molecule has 1 fully saturated rings. The smallest absolute Gasteiger partial charge is 0.238 e. The summed E-state index contributed by atoms with van der Waals surface area (Å²) in [6.07, 6.45) is 5.53. The number of nitrogens with one attached hydrogen (secondary N) is 1. The Balaban J connectivity index is 1.61. The van der Waals surface area contributed by atoms with Crippen LogP contribution in [0.1, 0.15) is 53.9 Å². The molecule has 0 unspecified atom stereocenters. The van der Waals surface area contributed by atoms with E-state index in [1.807, 2.05) is 86.5 Å². The Morgan fingerprint density at radius 2 is 1.73 bits per heavy atom. The molecule has 1 N–H and O–H groups in total. The van der Waals surface area contributed by atoms with Crippen molar-refractivity contribution < 1.29 is 19.1 Å². The number of nitrogens with zero attached hydrogens (tertiary/aromatic N) is 1. The fourth-order valence-electron chi connectivity index (χ4n) is 6.66. The second-order valence-electron chi connectivity index (χ2n) is 11.7. The summed E-state index contributed by atoms with van der Waals surface area (Å²) in [5.74, 6) is -0.950. The second kappa shape index (κ2) is 9.33. The van der Waals surface area contributed by atoms with Crippen molar-refractivity contribution in [2.75, 3.05) is 11.9 Å². The molecule has 1 spiro atoms. The first kappa shape index (κ1) is 25.8. The van der Waals surface area contributed by atoms with E-state index in [1.165, 1.54) is 0 Å². The number of hydrogen-bond donors (Lipinski definition) is 1. The number of carbonyl (C=O) groups excluding carboxylic acids is 3. The molecule has 0 saturated carbocycles. The lowest BCUT2D eigenvalue weighted by Crippen LogP contribution is -2.50. The van der Waals surface area contributed by atoms with Crippen molar-refractivity contribution in [2.24, 2.45) is 11.3 Å². The Hall–Kier alpha value is -4.45. The third kappa shape index (κ3) is 3.66. The van der Waals surface area contributed by atoms with E-state index in [2.05, 4.69) is 11.9 Å². The summed E-state index contributed by atoms with van der Waals surface area (Å²) in [6, 6.07) is 21.0. The van der Waals surface area contributed by atoms with Crippen molar-refractivity contribution in [3.8, 4) is 5.75 Å². The van der Waals surface area contributed by atoms with Crippen LogP contribution in [-0.4, -0.2) is 35.0 Å². The highest BCUT2D eigenvalue weighted by Gasteiger charge is 2.71. The van der Waals surface area contributed by atoms with Crippen LogP contribution in [0.5, 0.6) is 5.75 Å². The highest BCUT2D eigenvalue weighted by atomic mass is 16.5. The molecule has 3 aliphatic heterocycles. The van der Waals surface area contributed by atoms with Crippen LogP contribution in [0.3, 0.4) is 0 Å². The Morgan fingerprint density at radius 3 is 2.45 bits per heavy atom. The van der Waals surface area contributed by atoms with E-state index in [0.29, 0.717) is 23.6 Å². The SMILES string of the molecule is C=CCOc1ccc(C(=O)[C@@H]2[C@@H](C(=O)C(C)(C)C)N3C=Cc4ccccc4[C@@H]3[C@]23C(=O)Nc2ccccc23)cc1. The molecule has 1 saturated heterocycles. The van der Waals surface area contributed by atoms with Crippen LogP contribution in [0.4, 0.5) is 5.69 Å². The van der Waals surface area contributed by atoms with Crippen molar-refractivity contribution in [2.45, 2.75) is 38.3 Å². The van der Waals surface area contributed by atoms with E-state index in [-0.39, 0.29) is 17.5 Å². The van der Waals surface area contributed by atoms with Gasteiger partial charge in [-0.15, -0.1) is 0 Å². The van der Waals surface area contributed by atoms with Gasteiger partial charge in [-0.3, -0.25) is 14.4 Å². The lowest BCUT2D eigenvalue weighted by atomic mass is 9.62. The second-order valence-corrected chi connectivity index (χ2v) is 11.7. The van der Waals surface area contributed by atoms with Gasteiger partial charge < -0.3 is 15.0 Å². The maximum Gasteiger partial charge on any atom is 0.238 e. The quantitative estimate of drug-likeness (QED) is 0.313. The van der Waals surface area contributed by atoms with Gasteiger partial charge >= 0.3 is 0 Å². The van der Waals surface area contributed by atoms with Gasteiger partial charge in [0.1, 0.15) is 17.8 Å². The summed E-state index contributed by atoms with van der Waals surface area (Å²) in [5, 5.41) is 3.08. The molecule has 0 aliphatic carbocycles. The number of Topliss-reactive ketones (excluding diaryl/α,β-unsaturated/α-hetero) is 2. The minimum atomic E-state index is -1.32. The van der Waals surface area contributed by atoms with E-state index < -0.39 is 28.8 Å². The maximum atomic E-state index is 14.7. The van der Waals surface area contributed by atoms with Gasteiger partial charge in [0.25, 0.3) is 0 Å². The molecule has 0 aromatic heterocycles. The monoisotopic (exact) mass is 532 g/mol. The van der Waals surface area contributed by atoms with Crippen LogP contribution in [0, 0.1) is 11.3 Å². The number of rotatable bonds is 6. The first-order valence-corrected chi connectivity index (χ1v) is 13.6. The number of para-hydroxylation sites is 1. The Morgan fingerprint density at radius 1 is 1.02 bits per heavy atom. The Labute approximate surface area is 234 Å². The lowest BCUT2D eigenvalue weighted by Gasteiger charge is -2.38. The van der Waals surface area contributed by atoms with Gasteiger partial charge in [-0.25, -0.2) is 0 Å². The number of fused-ring (bicyclic) bond motifs is 6. The minimum absolute atomic E-state index is 0.0835. The predicted octanol–water partition coefficient (Wildman–Crippen LogP) is 5.97. The standard InChI is InChI=1S/C34H32N2O4/c1-5-20-40-23-16-14-22(15-17-23)29(37)27-28(31(38)33(2,3)4)36-19-18-21-10-6-7-11-24(21)30(36)34(27)25-12-8-9-13-26(25)35-32(34)39/h5-19,27-28,30H,1,20H2,2-4H3,(H,35,39)/t27-,28-,30+,34+/m0/s1. The molecule has 40 heavy (non-hydrogen) atoms. The average molecular weight is 533 g/mol. The third-order valence-electron chi connectivity index (χ3n) is 8.37. The van der Waals surface area contributed by atoms with E-state index in [4.69, 9.17) is 4.74 Å². The number of anilines is 1. The van der Waals surface area contributed by atoms with Crippen LogP contribution >= 0.6 is 0 Å². The first-order chi connectivity index (χ1) is 19.2. The number of ketones is 2. The van der Waals surface area contributed by atoms with Gasteiger partial charge in [0.05, 0.1) is 18.0 Å². The van der Waals surface area contributed by atoms with E-state index in [1.54, 1.807) is 30.3 Å². The maximum absolute atomic E-state index is 14.7. The molecule has 6 nitrogen and oxygen atoms in total. The topological polar surface area (TPSA) is 75.7 Å². The molecular formula is C34H32N2O4. The summed E-state index contributed by atoms with van der Waals surface area (Å²) in [4.78, 5) is 45.4. The largest absolute Gasteiger partial charge is 0.490 e. The van der Waals surface area contributed by atoms with Crippen LogP contribution in [-0.2, 0) is 15.0 Å². The Bertz CT molecular complexity index is 1570. The fraction of sp³-hybridized carbons (Fsp3) is 0.265. The Kier molecular flexibility index (Phi) is 6.02. The number of amides is 1. The van der Waals surface area contributed by atoms with E-state index in [0.717, 1.165) is 16.7 Å². The highest BCUT2D eigenvalue weighted by molar-refractivity contribution is 6.15. The summed E-state index contributed by atoms with van der Waals surface area (Å²) in [7, 11) is 0. The summed E-state index contributed by atoms with van der Waals surface area (Å²) < 4.78 is 5.63.